The van der Waals surface area contributed by atoms with E-state index in [2.05, 4.69) is 5.32 Å². The highest BCUT2D eigenvalue weighted by molar-refractivity contribution is 7.89. The molecule has 0 aromatic heterocycles. The number of halogens is 1. The average molecular weight is 279 g/mol. The van der Waals surface area contributed by atoms with Crippen molar-refractivity contribution in [3.8, 4) is 0 Å². The summed E-state index contributed by atoms with van der Waals surface area (Å²) in [6, 6.07) is 0. The molecule has 2 aliphatic rings. The van der Waals surface area contributed by atoms with Crippen LogP contribution < -0.4 is 5.32 Å². The van der Waals surface area contributed by atoms with Gasteiger partial charge < -0.3 is 5.32 Å². The van der Waals surface area contributed by atoms with Gasteiger partial charge in [-0.05, 0) is 13.0 Å². The van der Waals surface area contributed by atoms with Gasteiger partial charge in [0.25, 0.3) is 0 Å². The molecular weight excluding hydrogens is 261 g/mol. The van der Waals surface area contributed by atoms with Gasteiger partial charge in [0.05, 0.1) is 12.3 Å². The van der Waals surface area contributed by atoms with Crippen molar-refractivity contribution in [3.63, 3.8) is 0 Å². The van der Waals surface area contributed by atoms with Crippen molar-refractivity contribution in [2.45, 2.75) is 12.6 Å². The second-order valence-electron chi connectivity index (χ2n) is 4.71. The van der Waals surface area contributed by atoms with Crippen LogP contribution in [0.1, 0.15) is 6.42 Å². The number of piperazine rings is 1. The molecule has 2 saturated heterocycles. The summed E-state index contributed by atoms with van der Waals surface area (Å²) in [4.78, 5) is 13.0. The quantitative estimate of drug-likeness (QED) is 0.686. The average Bonchev–Trinajstić information content (AvgIpc) is 2.26. The molecule has 0 bridgehead atoms. The second kappa shape index (κ2) is 5.50. The molecule has 1 N–H and O–H groups in total. The normalized spacial score (nSPS) is 23.7. The van der Waals surface area contributed by atoms with Gasteiger partial charge in [0.15, 0.2) is 0 Å². The third-order valence-electron chi connectivity index (χ3n) is 3.19. The fraction of sp³-hybridized carbons (Fsp3) is 0.900. The number of likely N-dealkylation sites (tertiary alicyclic amines) is 1. The zero-order valence-corrected chi connectivity index (χ0v) is 11.0. The summed E-state index contributed by atoms with van der Waals surface area (Å²) in [5, 5.41) is 2.59. The molecule has 0 aliphatic carbocycles. The monoisotopic (exact) mass is 279 g/mol. The van der Waals surface area contributed by atoms with Crippen LogP contribution in [0.25, 0.3) is 0 Å². The van der Waals surface area contributed by atoms with Gasteiger partial charge in [-0.15, -0.1) is 0 Å². The highest BCUT2D eigenvalue weighted by Gasteiger charge is 2.29. The Morgan fingerprint density at radius 1 is 1.39 bits per heavy atom. The molecular formula is C10H18FN3O3S. The van der Waals surface area contributed by atoms with Crippen molar-refractivity contribution >= 4 is 15.9 Å². The molecule has 0 saturated carbocycles. The van der Waals surface area contributed by atoms with Crippen molar-refractivity contribution < 1.29 is 17.6 Å². The first-order valence-electron chi connectivity index (χ1n) is 6.08. The molecule has 0 spiro atoms. The molecule has 1 amide bonds. The lowest BCUT2D eigenvalue weighted by Gasteiger charge is -2.34. The van der Waals surface area contributed by atoms with Crippen LogP contribution in [0.3, 0.4) is 0 Å². The fourth-order valence-corrected chi connectivity index (χ4v) is 3.58. The zero-order chi connectivity index (χ0) is 13.2. The molecule has 0 aromatic carbocycles. The second-order valence-corrected chi connectivity index (χ2v) is 6.80. The highest BCUT2D eigenvalue weighted by Crippen LogP contribution is 2.12. The number of hydrogen-bond acceptors (Lipinski definition) is 4. The van der Waals surface area contributed by atoms with Gasteiger partial charge >= 0.3 is 0 Å². The van der Waals surface area contributed by atoms with Crippen LogP contribution in [-0.2, 0) is 14.8 Å². The van der Waals surface area contributed by atoms with Crippen molar-refractivity contribution in [1.82, 2.24) is 14.5 Å². The summed E-state index contributed by atoms with van der Waals surface area (Å²) in [5.41, 5.74) is 0. The molecule has 2 fully saturated rings. The Hall–Kier alpha value is -0.730. The molecule has 6 nitrogen and oxygen atoms in total. The van der Waals surface area contributed by atoms with Crippen LogP contribution in [0.5, 0.6) is 0 Å². The number of rotatable bonds is 5. The van der Waals surface area contributed by atoms with Crippen LogP contribution in [0.4, 0.5) is 4.39 Å². The van der Waals surface area contributed by atoms with E-state index in [1.54, 1.807) is 0 Å². The van der Waals surface area contributed by atoms with Gasteiger partial charge in [0, 0.05) is 26.2 Å². The first kappa shape index (κ1) is 13.7. The van der Waals surface area contributed by atoms with E-state index in [4.69, 9.17) is 0 Å². The van der Waals surface area contributed by atoms with Crippen molar-refractivity contribution in [1.29, 1.82) is 0 Å². The van der Waals surface area contributed by atoms with Gasteiger partial charge in [0.2, 0.25) is 15.9 Å². The van der Waals surface area contributed by atoms with E-state index < -0.39 is 16.2 Å². The van der Waals surface area contributed by atoms with Crippen molar-refractivity contribution in [2.24, 2.45) is 0 Å². The Morgan fingerprint density at radius 3 is 2.72 bits per heavy atom. The number of carbonyl (C=O) groups is 1. The minimum atomic E-state index is -3.36. The van der Waals surface area contributed by atoms with Crippen molar-refractivity contribution in [2.75, 3.05) is 45.0 Å². The molecule has 2 heterocycles. The largest absolute Gasteiger partial charge is 0.354 e. The Labute approximate surface area is 106 Å². The Bertz CT molecular complexity index is 409. The maximum absolute atomic E-state index is 12.5. The van der Waals surface area contributed by atoms with Crippen LogP contribution >= 0.6 is 0 Å². The lowest BCUT2D eigenvalue weighted by Crippen LogP contribution is -2.51. The first-order valence-corrected chi connectivity index (χ1v) is 7.69. The third kappa shape index (κ3) is 3.39. The predicted molar refractivity (Wildman–Crippen MR) is 64.3 cm³/mol. The summed E-state index contributed by atoms with van der Waals surface area (Å²) >= 11 is 0. The Morgan fingerprint density at radius 2 is 2.11 bits per heavy atom. The lowest BCUT2D eigenvalue weighted by atomic mass is 10.2. The molecule has 8 heteroatoms. The van der Waals surface area contributed by atoms with E-state index in [0.717, 1.165) is 0 Å². The number of alkyl halides is 1. The number of nitrogens with one attached hydrogen (secondary N) is 1. The number of carbonyl (C=O) groups excluding carboxylic acids is 1. The standard InChI is InChI=1S/C10H18FN3O3S/c11-9-6-13(7-9)3-1-5-18(16,17)14-4-2-12-10(15)8-14/h9H,1-8H2,(H,12,15). The SMILES string of the molecule is O=C1CN(S(=O)(=O)CCCN2CC(F)C2)CCN1. The van der Waals surface area contributed by atoms with E-state index in [9.17, 15) is 17.6 Å². The van der Waals surface area contributed by atoms with E-state index in [0.29, 0.717) is 39.1 Å². The molecule has 2 rings (SSSR count). The van der Waals surface area contributed by atoms with Gasteiger partial charge in [-0.1, -0.05) is 0 Å². The predicted octanol–water partition coefficient (Wildman–Crippen LogP) is -1.21. The summed E-state index contributed by atoms with van der Waals surface area (Å²) in [7, 11) is -3.36. The minimum Gasteiger partial charge on any atom is -0.354 e. The number of hydrogen-bond donors (Lipinski definition) is 1. The summed E-state index contributed by atoms with van der Waals surface area (Å²) in [5.74, 6) is -0.235. The lowest BCUT2D eigenvalue weighted by molar-refractivity contribution is -0.122. The highest BCUT2D eigenvalue weighted by atomic mass is 32.2. The van der Waals surface area contributed by atoms with E-state index in [1.165, 1.54) is 4.31 Å². The van der Waals surface area contributed by atoms with Crippen molar-refractivity contribution in [3.05, 3.63) is 0 Å². The van der Waals surface area contributed by atoms with E-state index >= 15 is 0 Å². The van der Waals surface area contributed by atoms with Crippen LogP contribution in [-0.4, -0.2) is 74.7 Å². The summed E-state index contributed by atoms with van der Waals surface area (Å²) < 4.78 is 37.6. The molecule has 2 aliphatic heterocycles. The van der Waals surface area contributed by atoms with Gasteiger partial charge in [0.1, 0.15) is 6.17 Å². The molecule has 104 valence electrons. The van der Waals surface area contributed by atoms with Gasteiger partial charge in [-0.2, -0.15) is 4.31 Å². The number of sulfonamides is 1. The molecule has 18 heavy (non-hydrogen) atoms. The maximum atomic E-state index is 12.5. The van der Waals surface area contributed by atoms with Crippen LogP contribution in [0.2, 0.25) is 0 Å². The number of amides is 1. The number of nitrogens with zero attached hydrogens (tertiary/aromatic N) is 2. The fourth-order valence-electron chi connectivity index (χ4n) is 2.14. The Balaban J connectivity index is 1.74. The van der Waals surface area contributed by atoms with Crippen LogP contribution in [0.15, 0.2) is 0 Å². The smallest absolute Gasteiger partial charge is 0.235 e. The Kier molecular flexibility index (Phi) is 4.18. The maximum Gasteiger partial charge on any atom is 0.235 e. The molecule has 0 unspecified atom stereocenters. The topological polar surface area (TPSA) is 69.7 Å². The molecule has 0 aromatic rings. The third-order valence-corrected chi connectivity index (χ3v) is 5.09. The van der Waals surface area contributed by atoms with Gasteiger partial charge in [-0.25, -0.2) is 12.8 Å². The minimum absolute atomic E-state index is 0.0216. The van der Waals surface area contributed by atoms with E-state index in [1.807, 2.05) is 4.90 Å². The zero-order valence-electron chi connectivity index (χ0n) is 10.1. The summed E-state index contributed by atoms with van der Waals surface area (Å²) in [6.45, 7) is 2.04. The summed E-state index contributed by atoms with van der Waals surface area (Å²) in [6.07, 6.45) is -0.278. The van der Waals surface area contributed by atoms with Gasteiger partial charge in [-0.3, -0.25) is 9.69 Å². The first-order chi connectivity index (χ1) is 8.47. The molecule has 0 atom stereocenters. The molecule has 0 radical (unpaired) electrons. The van der Waals surface area contributed by atoms with Crippen LogP contribution in [0, 0.1) is 0 Å². The van der Waals surface area contributed by atoms with E-state index in [-0.39, 0.29) is 18.2 Å².